The Morgan fingerprint density at radius 1 is 1.19 bits per heavy atom. The molecular formula is C21H30N4O. The molecule has 2 fully saturated rings. The molecule has 0 spiro atoms. The third-order valence-electron chi connectivity index (χ3n) is 5.90. The van der Waals surface area contributed by atoms with Crippen molar-refractivity contribution in [1.29, 1.82) is 0 Å². The number of carbonyl (C=O) groups is 1. The van der Waals surface area contributed by atoms with Crippen LogP contribution in [0.4, 0.5) is 0 Å². The van der Waals surface area contributed by atoms with Gasteiger partial charge in [0.25, 0.3) is 0 Å². The maximum Gasteiger partial charge on any atom is 0.234 e. The smallest absolute Gasteiger partial charge is 0.234 e. The molecule has 4 rings (SSSR count). The van der Waals surface area contributed by atoms with E-state index in [0.29, 0.717) is 12.6 Å². The van der Waals surface area contributed by atoms with Gasteiger partial charge in [0, 0.05) is 6.04 Å². The Morgan fingerprint density at radius 3 is 2.81 bits per heavy atom. The van der Waals surface area contributed by atoms with Crippen molar-refractivity contribution in [2.75, 3.05) is 13.1 Å². The monoisotopic (exact) mass is 354 g/mol. The van der Waals surface area contributed by atoms with Gasteiger partial charge in [0.2, 0.25) is 5.91 Å². The summed E-state index contributed by atoms with van der Waals surface area (Å²) in [5.41, 5.74) is 3.34. The molecule has 1 aromatic heterocycles. The SMILES string of the molecule is Cc1ccc2nc([C@@H]3CCCN3CC(=O)NC3CCCCCC3)[nH]c2c1. The van der Waals surface area contributed by atoms with E-state index in [2.05, 4.69) is 40.3 Å². The normalized spacial score (nSPS) is 22.6. The first-order chi connectivity index (χ1) is 12.7. The molecule has 140 valence electrons. The molecule has 0 radical (unpaired) electrons. The first-order valence-corrected chi connectivity index (χ1v) is 10.2. The molecule has 2 aromatic rings. The molecule has 2 heterocycles. The summed E-state index contributed by atoms with van der Waals surface area (Å²) in [6.45, 7) is 3.55. The van der Waals surface area contributed by atoms with Crippen LogP contribution in [-0.2, 0) is 4.79 Å². The number of imidazole rings is 1. The number of hydrogen-bond donors (Lipinski definition) is 2. The molecule has 1 atom stereocenters. The van der Waals surface area contributed by atoms with Gasteiger partial charge in [-0.05, 0) is 56.8 Å². The third-order valence-corrected chi connectivity index (χ3v) is 5.90. The Kier molecular flexibility index (Phi) is 5.25. The maximum absolute atomic E-state index is 12.6. The summed E-state index contributed by atoms with van der Waals surface area (Å²) in [6.07, 6.45) is 9.58. The summed E-state index contributed by atoms with van der Waals surface area (Å²) in [5.74, 6) is 1.18. The van der Waals surface area contributed by atoms with Crippen molar-refractivity contribution in [3.63, 3.8) is 0 Å². The van der Waals surface area contributed by atoms with E-state index in [4.69, 9.17) is 4.98 Å². The summed E-state index contributed by atoms with van der Waals surface area (Å²) in [7, 11) is 0. The topological polar surface area (TPSA) is 61.0 Å². The maximum atomic E-state index is 12.6. The van der Waals surface area contributed by atoms with E-state index in [-0.39, 0.29) is 11.9 Å². The van der Waals surface area contributed by atoms with Gasteiger partial charge in [0.15, 0.2) is 0 Å². The van der Waals surface area contributed by atoms with E-state index in [0.717, 1.165) is 49.1 Å². The molecule has 5 heteroatoms. The fourth-order valence-electron chi connectivity index (χ4n) is 4.51. The molecule has 2 N–H and O–H groups in total. The van der Waals surface area contributed by atoms with Crippen LogP contribution in [0.2, 0.25) is 0 Å². The highest BCUT2D eigenvalue weighted by Crippen LogP contribution is 2.31. The first-order valence-electron chi connectivity index (χ1n) is 10.2. The van der Waals surface area contributed by atoms with Crippen molar-refractivity contribution in [3.05, 3.63) is 29.6 Å². The van der Waals surface area contributed by atoms with Gasteiger partial charge in [-0.1, -0.05) is 31.7 Å². The fraction of sp³-hybridized carbons (Fsp3) is 0.619. The summed E-state index contributed by atoms with van der Waals surface area (Å²) in [6, 6.07) is 6.91. The second kappa shape index (κ2) is 7.78. The number of likely N-dealkylation sites (tertiary alicyclic amines) is 1. The standard InChI is InChI=1S/C21H30N4O/c1-15-10-11-17-18(13-15)24-21(23-17)19-9-6-12-25(19)14-20(26)22-16-7-4-2-3-5-8-16/h10-11,13,16,19H,2-9,12,14H2,1H3,(H,22,26)(H,23,24)/t19-/m0/s1. The lowest BCUT2D eigenvalue weighted by atomic mass is 10.1. The lowest BCUT2D eigenvalue weighted by Crippen LogP contribution is -2.41. The molecule has 1 aromatic carbocycles. The second-order valence-corrected chi connectivity index (χ2v) is 8.03. The van der Waals surface area contributed by atoms with Crippen LogP contribution in [0.5, 0.6) is 0 Å². The van der Waals surface area contributed by atoms with Gasteiger partial charge in [-0.25, -0.2) is 4.98 Å². The quantitative estimate of drug-likeness (QED) is 0.820. The van der Waals surface area contributed by atoms with E-state index in [1.165, 1.54) is 31.2 Å². The van der Waals surface area contributed by atoms with Crippen molar-refractivity contribution < 1.29 is 4.79 Å². The molecule has 1 saturated carbocycles. The van der Waals surface area contributed by atoms with Crippen LogP contribution in [0.1, 0.15) is 68.8 Å². The fourth-order valence-corrected chi connectivity index (χ4v) is 4.51. The van der Waals surface area contributed by atoms with Crippen molar-refractivity contribution in [1.82, 2.24) is 20.2 Å². The largest absolute Gasteiger partial charge is 0.352 e. The number of aromatic amines is 1. The van der Waals surface area contributed by atoms with E-state index in [9.17, 15) is 4.79 Å². The molecule has 26 heavy (non-hydrogen) atoms. The first kappa shape index (κ1) is 17.5. The number of aryl methyl sites for hydroxylation is 1. The van der Waals surface area contributed by atoms with Gasteiger partial charge in [0.05, 0.1) is 23.6 Å². The average Bonchev–Trinajstić information content (AvgIpc) is 3.15. The number of H-pyrrole nitrogens is 1. The number of hydrogen-bond acceptors (Lipinski definition) is 3. The summed E-state index contributed by atoms with van der Waals surface area (Å²) in [5, 5.41) is 3.28. The number of fused-ring (bicyclic) bond motifs is 1. The van der Waals surface area contributed by atoms with E-state index >= 15 is 0 Å². The molecule has 5 nitrogen and oxygen atoms in total. The van der Waals surface area contributed by atoms with Gasteiger partial charge >= 0.3 is 0 Å². The molecular weight excluding hydrogens is 324 g/mol. The van der Waals surface area contributed by atoms with Crippen LogP contribution in [0.3, 0.4) is 0 Å². The summed E-state index contributed by atoms with van der Waals surface area (Å²) >= 11 is 0. The Bertz CT molecular complexity index is 760. The van der Waals surface area contributed by atoms with Crippen molar-refractivity contribution in [2.24, 2.45) is 0 Å². The van der Waals surface area contributed by atoms with E-state index in [1.807, 2.05) is 0 Å². The predicted molar refractivity (Wildman–Crippen MR) is 104 cm³/mol. The van der Waals surface area contributed by atoms with Crippen LogP contribution in [0.15, 0.2) is 18.2 Å². The van der Waals surface area contributed by atoms with Gasteiger partial charge in [-0.2, -0.15) is 0 Å². The molecule has 1 saturated heterocycles. The zero-order valence-corrected chi connectivity index (χ0v) is 15.8. The second-order valence-electron chi connectivity index (χ2n) is 8.03. The minimum absolute atomic E-state index is 0.177. The van der Waals surface area contributed by atoms with Crippen molar-refractivity contribution in [2.45, 2.75) is 70.4 Å². The highest BCUT2D eigenvalue weighted by molar-refractivity contribution is 5.78. The lowest BCUT2D eigenvalue weighted by molar-refractivity contribution is -0.123. The van der Waals surface area contributed by atoms with Crippen LogP contribution in [-0.4, -0.2) is 39.9 Å². The summed E-state index contributed by atoms with van der Waals surface area (Å²) < 4.78 is 0. The van der Waals surface area contributed by atoms with Gasteiger partial charge in [0.1, 0.15) is 5.82 Å². The Hall–Kier alpha value is -1.88. The van der Waals surface area contributed by atoms with Gasteiger partial charge in [-0.15, -0.1) is 0 Å². The number of aromatic nitrogens is 2. The average molecular weight is 354 g/mol. The third kappa shape index (κ3) is 3.93. The molecule has 1 aliphatic heterocycles. The van der Waals surface area contributed by atoms with Crippen LogP contribution in [0.25, 0.3) is 11.0 Å². The number of carbonyl (C=O) groups excluding carboxylic acids is 1. The molecule has 0 unspecified atom stereocenters. The molecule has 2 aliphatic rings. The highest BCUT2D eigenvalue weighted by atomic mass is 16.2. The highest BCUT2D eigenvalue weighted by Gasteiger charge is 2.30. The van der Waals surface area contributed by atoms with Crippen LogP contribution >= 0.6 is 0 Å². The zero-order chi connectivity index (χ0) is 17.9. The predicted octanol–water partition coefficient (Wildman–Crippen LogP) is 3.85. The molecule has 1 aliphatic carbocycles. The molecule has 1 amide bonds. The Labute approximate surface area is 155 Å². The van der Waals surface area contributed by atoms with Crippen molar-refractivity contribution in [3.8, 4) is 0 Å². The summed E-state index contributed by atoms with van der Waals surface area (Å²) in [4.78, 5) is 23.2. The van der Waals surface area contributed by atoms with Crippen molar-refractivity contribution >= 4 is 16.9 Å². The molecule has 0 bridgehead atoms. The van der Waals surface area contributed by atoms with Gasteiger partial charge < -0.3 is 10.3 Å². The number of rotatable bonds is 4. The Morgan fingerprint density at radius 2 is 2.00 bits per heavy atom. The minimum atomic E-state index is 0.177. The van der Waals surface area contributed by atoms with Crippen LogP contribution < -0.4 is 5.32 Å². The number of nitrogens with one attached hydrogen (secondary N) is 2. The number of amides is 1. The number of nitrogens with zero attached hydrogens (tertiary/aromatic N) is 2. The lowest BCUT2D eigenvalue weighted by Gasteiger charge is -2.24. The van der Waals surface area contributed by atoms with E-state index in [1.54, 1.807) is 0 Å². The van der Waals surface area contributed by atoms with Gasteiger partial charge in [-0.3, -0.25) is 9.69 Å². The Balaban J connectivity index is 1.41. The van der Waals surface area contributed by atoms with Crippen LogP contribution in [0, 0.1) is 6.92 Å². The number of benzene rings is 1. The minimum Gasteiger partial charge on any atom is -0.352 e. The van der Waals surface area contributed by atoms with E-state index < -0.39 is 0 Å². The zero-order valence-electron chi connectivity index (χ0n) is 15.8.